The van der Waals surface area contributed by atoms with Crippen LogP contribution in [0.2, 0.25) is 0 Å². The van der Waals surface area contributed by atoms with Gasteiger partial charge in [-0.1, -0.05) is 6.07 Å². The Bertz CT molecular complexity index is 1850. The number of nitrogens with zero attached hydrogens (tertiary/aromatic N) is 6. The summed E-state index contributed by atoms with van der Waals surface area (Å²) in [7, 11) is 0. The lowest BCUT2D eigenvalue weighted by atomic mass is 9.84. The number of aromatic nitrogens is 6. The van der Waals surface area contributed by atoms with Crippen molar-refractivity contribution in [1.82, 2.24) is 29.5 Å². The molecule has 0 saturated heterocycles. The van der Waals surface area contributed by atoms with Gasteiger partial charge in [0.25, 0.3) is 0 Å². The lowest BCUT2D eigenvalue weighted by Crippen LogP contribution is -2.37. The summed E-state index contributed by atoms with van der Waals surface area (Å²) in [5.41, 5.74) is -3.83. The van der Waals surface area contributed by atoms with Gasteiger partial charge in [0.05, 0.1) is 24.1 Å². The van der Waals surface area contributed by atoms with Crippen LogP contribution in [0.3, 0.4) is 0 Å². The monoisotopic (exact) mass is 612 g/mol. The third-order valence-corrected chi connectivity index (χ3v) is 7.20. The maximum Gasteiger partial charge on any atom is 0.340 e. The molecular weight excluding hydrogens is 586 g/mol. The van der Waals surface area contributed by atoms with Gasteiger partial charge in [-0.2, -0.15) is 10.2 Å². The number of aliphatic hydroxyl groups is 2. The molecule has 0 amide bonds. The molecule has 0 saturated carbocycles. The molecule has 3 heterocycles. The highest BCUT2D eigenvalue weighted by atomic mass is 19.1. The fourth-order valence-electron chi connectivity index (χ4n) is 5.10. The average Bonchev–Trinajstić information content (AvgIpc) is 3.64. The minimum absolute atomic E-state index is 0.0556. The number of halogens is 2. The number of rotatable bonds is 6. The second-order valence-electron chi connectivity index (χ2n) is 10.6. The number of phenols is 2. The molecular formula is C28H26F2N6O8. The van der Waals surface area contributed by atoms with Crippen LogP contribution in [0.4, 0.5) is 8.78 Å². The fraction of sp³-hybridized carbons (Fsp3) is 0.286. The first-order valence-electron chi connectivity index (χ1n) is 13.1. The number of aromatic carboxylic acids is 1. The lowest BCUT2D eigenvalue weighted by molar-refractivity contribution is -0.00857. The van der Waals surface area contributed by atoms with E-state index in [0.717, 1.165) is 18.2 Å². The smallest absolute Gasteiger partial charge is 0.340 e. The van der Waals surface area contributed by atoms with Crippen LogP contribution in [0.1, 0.15) is 40.6 Å². The van der Waals surface area contributed by atoms with Crippen molar-refractivity contribution in [3.8, 4) is 11.5 Å². The normalized spacial score (nSPS) is 16.3. The molecule has 0 radical (unpaired) electrons. The van der Waals surface area contributed by atoms with Gasteiger partial charge < -0.3 is 29.9 Å². The second-order valence-corrected chi connectivity index (χ2v) is 10.6. The number of hydrogen-bond donors (Lipinski definition) is 5. The molecule has 1 atom stereocenters. The van der Waals surface area contributed by atoms with Gasteiger partial charge in [-0.15, -0.1) is 0 Å². The second kappa shape index (κ2) is 11.5. The van der Waals surface area contributed by atoms with Crippen molar-refractivity contribution in [1.29, 1.82) is 0 Å². The summed E-state index contributed by atoms with van der Waals surface area (Å²) in [6, 6.07) is 4.02. The molecule has 6 rings (SSSR count). The highest BCUT2D eigenvalue weighted by molar-refractivity contribution is 6.06. The highest BCUT2D eigenvalue weighted by Crippen LogP contribution is 2.37. The number of carbonyl (C=O) groups is 1. The maximum absolute atomic E-state index is 14.1. The van der Waals surface area contributed by atoms with E-state index < -0.39 is 51.3 Å². The molecule has 0 aliphatic heterocycles. The number of carboxylic acids is 1. The van der Waals surface area contributed by atoms with Crippen molar-refractivity contribution < 1.29 is 43.5 Å². The van der Waals surface area contributed by atoms with Crippen molar-refractivity contribution >= 4 is 16.9 Å². The van der Waals surface area contributed by atoms with Gasteiger partial charge in [0.2, 0.25) is 0 Å². The summed E-state index contributed by atoms with van der Waals surface area (Å²) in [6.45, 7) is 1.47. The SMILES string of the molecule is CC1(O)CCc2c(oc3cc(O)c(O)c(C(=O)O)c3c2=O)C1.OC(Cn1cncn1)(Cn1cncn1)c1ccc(F)cc1F. The third-order valence-electron chi connectivity index (χ3n) is 7.20. The Morgan fingerprint density at radius 2 is 1.73 bits per heavy atom. The molecule has 1 aliphatic carbocycles. The van der Waals surface area contributed by atoms with E-state index in [4.69, 9.17) is 4.42 Å². The van der Waals surface area contributed by atoms with Crippen molar-refractivity contribution in [3.05, 3.63) is 93.9 Å². The van der Waals surface area contributed by atoms with Crippen LogP contribution in [0.15, 0.2) is 58.8 Å². The molecule has 2 aromatic carbocycles. The standard InChI is InChI=1S/C15H14O7.C13H12F2N6O/c1-15(21)3-2-6-9(5-15)22-8-4-7(16)13(18)11(14(19)20)10(8)12(6)17;14-10-1-2-11(12(15)3-10)13(22,4-20-8-16-6-18-20)5-21-9-17-7-19-21/h4,16,18,21H,2-3,5H2,1H3,(H,19,20);1-3,6-9,22H,4-5H2. The molecule has 1 aliphatic rings. The van der Waals surface area contributed by atoms with Gasteiger partial charge in [0, 0.05) is 29.7 Å². The molecule has 3 aromatic heterocycles. The predicted octanol–water partition coefficient (Wildman–Crippen LogP) is 1.88. The van der Waals surface area contributed by atoms with Gasteiger partial charge in [-0.05, 0) is 25.8 Å². The van der Waals surface area contributed by atoms with Crippen LogP contribution >= 0.6 is 0 Å². The minimum Gasteiger partial charge on any atom is -0.504 e. The Morgan fingerprint density at radius 1 is 1.09 bits per heavy atom. The fourth-order valence-corrected chi connectivity index (χ4v) is 5.10. The number of benzene rings is 2. The number of carboxylic acid groups (broad SMARTS) is 1. The highest BCUT2D eigenvalue weighted by Gasteiger charge is 2.35. The van der Waals surface area contributed by atoms with Gasteiger partial charge in [-0.3, -0.25) is 4.79 Å². The van der Waals surface area contributed by atoms with Crippen LogP contribution < -0.4 is 5.43 Å². The Labute approximate surface area is 246 Å². The number of fused-ring (bicyclic) bond motifs is 2. The molecule has 16 heteroatoms. The van der Waals surface area contributed by atoms with E-state index in [9.17, 15) is 43.9 Å². The topological polar surface area (TPSA) is 210 Å². The van der Waals surface area contributed by atoms with E-state index in [1.165, 1.54) is 40.7 Å². The first-order chi connectivity index (χ1) is 20.8. The molecule has 0 bridgehead atoms. The molecule has 230 valence electrons. The Balaban J connectivity index is 0.000000175. The largest absolute Gasteiger partial charge is 0.504 e. The van der Waals surface area contributed by atoms with Crippen molar-refractivity contribution in [2.24, 2.45) is 0 Å². The Kier molecular flexibility index (Phi) is 7.88. The van der Waals surface area contributed by atoms with Crippen molar-refractivity contribution in [3.63, 3.8) is 0 Å². The predicted molar refractivity (Wildman–Crippen MR) is 146 cm³/mol. The average molecular weight is 613 g/mol. The molecule has 14 nitrogen and oxygen atoms in total. The Hall–Kier alpha value is -5.22. The lowest BCUT2D eigenvalue weighted by Gasteiger charge is -2.28. The third kappa shape index (κ3) is 5.97. The number of aromatic hydroxyl groups is 2. The molecule has 5 aromatic rings. The Morgan fingerprint density at radius 3 is 2.27 bits per heavy atom. The van der Waals surface area contributed by atoms with E-state index >= 15 is 0 Å². The van der Waals surface area contributed by atoms with Crippen molar-refractivity contribution in [2.75, 3.05) is 0 Å². The number of phenolic OH excluding ortho intramolecular Hbond substituents is 1. The van der Waals surface area contributed by atoms with E-state index in [1.54, 1.807) is 6.92 Å². The molecule has 1 unspecified atom stereocenters. The summed E-state index contributed by atoms with van der Waals surface area (Å²) in [5, 5.41) is 57.1. The van der Waals surface area contributed by atoms with Crippen LogP contribution in [0.5, 0.6) is 11.5 Å². The van der Waals surface area contributed by atoms with Gasteiger partial charge in [0.15, 0.2) is 16.9 Å². The van der Waals surface area contributed by atoms with Gasteiger partial charge in [0.1, 0.15) is 59.5 Å². The maximum atomic E-state index is 14.1. The molecule has 44 heavy (non-hydrogen) atoms. The van der Waals surface area contributed by atoms with Crippen LogP contribution in [-0.4, -0.2) is 66.6 Å². The van der Waals surface area contributed by atoms with E-state index in [1.807, 2.05) is 0 Å². The zero-order valence-electron chi connectivity index (χ0n) is 23.1. The van der Waals surface area contributed by atoms with E-state index in [-0.39, 0.29) is 48.2 Å². The zero-order valence-corrected chi connectivity index (χ0v) is 23.1. The minimum atomic E-state index is -1.70. The summed E-state index contributed by atoms with van der Waals surface area (Å²) in [6.07, 6.45) is 6.12. The molecule has 0 fully saturated rings. The van der Waals surface area contributed by atoms with Crippen molar-refractivity contribution in [2.45, 2.75) is 50.5 Å². The van der Waals surface area contributed by atoms with E-state index in [0.29, 0.717) is 12.0 Å². The quantitative estimate of drug-likeness (QED) is 0.174. The van der Waals surface area contributed by atoms with Crippen LogP contribution in [0.25, 0.3) is 11.0 Å². The summed E-state index contributed by atoms with van der Waals surface area (Å²) < 4.78 is 35.5. The number of hydrogen-bond acceptors (Lipinski definition) is 11. The summed E-state index contributed by atoms with van der Waals surface area (Å²) in [4.78, 5) is 31.5. The van der Waals surface area contributed by atoms with Gasteiger partial charge in [-0.25, -0.2) is 32.9 Å². The summed E-state index contributed by atoms with van der Waals surface area (Å²) in [5.74, 6) is -4.37. The van der Waals surface area contributed by atoms with Crippen LogP contribution in [0, 0.1) is 11.6 Å². The first-order valence-corrected chi connectivity index (χ1v) is 13.1. The molecule has 5 N–H and O–H groups in total. The van der Waals surface area contributed by atoms with Crippen LogP contribution in [-0.2, 0) is 31.5 Å². The first kappa shape index (κ1) is 30.2. The van der Waals surface area contributed by atoms with Gasteiger partial charge >= 0.3 is 5.97 Å². The zero-order chi connectivity index (χ0) is 31.8. The van der Waals surface area contributed by atoms with E-state index in [2.05, 4.69) is 20.2 Å². The molecule has 0 spiro atoms. The summed E-state index contributed by atoms with van der Waals surface area (Å²) >= 11 is 0.